The van der Waals surface area contributed by atoms with Crippen molar-refractivity contribution in [3.05, 3.63) is 30.6 Å². The highest BCUT2D eigenvalue weighted by Crippen LogP contribution is 2.73. The zero-order chi connectivity index (χ0) is 29.9. The number of halogens is 1. The van der Waals surface area contributed by atoms with Crippen LogP contribution in [0.2, 0.25) is 0 Å². The van der Waals surface area contributed by atoms with Gasteiger partial charge >= 0.3 is 5.97 Å². The van der Waals surface area contributed by atoms with Crippen LogP contribution in [0.5, 0.6) is 11.5 Å². The summed E-state index contributed by atoms with van der Waals surface area (Å²) < 4.78 is 53.2. The van der Waals surface area contributed by atoms with Crippen LogP contribution in [0.1, 0.15) is 27.0 Å². The number of nitrogen functional groups attached to an aromatic ring is 1. The molecule has 0 aliphatic carbocycles. The molecule has 14 nitrogen and oxygen atoms in total. The fourth-order valence-corrected chi connectivity index (χ4v) is 6.71. The van der Waals surface area contributed by atoms with Crippen LogP contribution in [0, 0.1) is 0 Å². The lowest BCUT2D eigenvalue weighted by atomic mass is 9.98. The van der Waals surface area contributed by atoms with Crippen molar-refractivity contribution >= 4 is 36.3 Å². The predicted octanol–water partition coefficient (Wildman–Crippen LogP) is 1.82. The number of imidazole rings is 1. The van der Waals surface area contributed by atoms with Gasteiger partial charge in [0.25, 0.3) is 7.37 Å². The van der Waals surface area contributed by atoms with Gasteiger partial charge in [0.05, 0.1) is 18.6 Å². The summed E-state index contributed by atoms with van der Waals surface area (Å²) in [6, 6.07) is 6.30. The number of rotatable bonds is 9. The molecule has 5 rings (SSSR count). The summed E-state index contributed by atoms with van der Waals surface area (Å²) in [5.74, 6) is -0.195. The van der Waals surface area contributed by atoms with Gasteiger partial charge < -0.3 is 40.2 Å². The minimum atomic E-state index is -3.62. The number of anilines is 2. The Morgan fingerprint density at radius 1 is 1.32 bits per heavy atom. The van der Waals surface area contributed by atoms with Gasteiger partial charge in [-0.25, -0.2) is 14.2 Å². The molecule has 41 heavy (non-hydrogen) atoms. The quantitative estimate of drug-likeness (QED) is 0.241. The Hall–Kier alpha value is -3.52. The molecular weight excluding hydrogens is 560 g/mol. The zero-order valence-corrected chi connectivity index (χ0v) is 24.1. The Morgan fingerprint density at radius 2 is 2.00 bits per heavy atom. The van der Waals surface area contributed by atoms with Gasteiger partial charge in [0, 0.05) is 14.1 Å². The Kier molecular flexibility index (Phi) is 7.13. The maximum Gasteiger partial charge on any atom is 0.338 e. The molecule has 2 aromatic heterocycles. The first-order valence-corrected chi connectivity index (χ1v) is 14.7. The topological polar surface area (TPSA) is 190 Å². The SMILES string of the molecule is CC(C)OC(=O)[C@@]1(N)CP1(=O)Oc1ccccc1OCC1OC(n2cnc3c(N(C)C)nc(N)nc32)C(C)(F)C1O. The number of para-hydroxylation sites is 2. The number of esters is 1. The lowest BCUT2D eigenvalue weighted by Gasteiger charge is -2.24. The Bertz CT molecular complexity index is 1530. The van der Waals surface area contributed by atoms with E-state index in [9.17, 15) is 14.5 Å². The summed E-state index contributed by atoms with van der Waals surface area (Å²) in [6.45, 7) is 4.23. The van der Waals surface area contributed by atoms with Gasteiger partial charge in [0.15, 0.2) is 40.4 Å². The maximum atomic E-state index is 16.0. The standard InChI is InChI=1S/C25H33FN7O7P/c1-13(2)38-22(35)25(28)11-41(25,36)40-15-9-7-6-8-14(15)37-10-16-18(34)24(3,26)21(39-16)33-12-29-17-19(32(4)5)30-23(27)31-20(17)33/h6-9,12-13,16,18,21,34H,10-11,28H2,1-5H3,(H2,27,30,31)/t16?,18?,21?,24?,25-,41?/m1/s1. The number of fused-ring (bicyclic) bond motifs is 1. The molecule has 2 fully saturated rings. The summed E-state index contributed by atoms with van der Waals surface area (Å²) >= 11 is 0. The van der Waals surface area contributed by atoms with Crippen LogP contribution in [0.15, 0.2) is 30.6 Å². The number of alkyl halides is 1. The van der Waals surface area contributed by atoms with Crippen LogP contribution < -0.4 is 25.6 Å². The van der Waals surface area contributed by atoms with E-state index in [1.165, 1.54) is 30.0 Å². The van der Waals surface area contributed by atoms with Crippen molar-refractivity contribution in [3.8, 4) is 11.5 Å². The smallest absolute Gasteiger partial charge is 0.338 e. The third kappa shape index (κ3) is 4.96. The number of carbonyl (C=O) groups excluding carboxylic acids is 1. The summed E-state index contributed by atoms with van der Waals surface area (Å²) in [4.78, 5) is 26.8. The number of benzene rings is 1. The van der Waals surface area contributed by atoms with Gasteiger partial charge in [0.2, 0.25) is 11.2 Å². The second-order valence-electron chi connectivity index (χ2n) is 10.8. The molecule has 2 aliphatic rings. The van der Waals surface area contributed by atoms with Gasteiger partial charge in [-0.1, -0.05) is 12.1 Å². The maximum absolute atomic E-state index is 16.0. The minimum absolute atomic E-state index is 0.0350. The van der Waals surface area contributed by atoms with E-state index in [0.717, 1.165) is 0 Å². The summed E-state index contributed by atoms with van der Waals surface area (Å²) in [6.07, 6.45) is -3.32. The van der Waals surface area contributed by atoms with Gasteiger partial charge in [-0.3, -0.25) is 9.13 Å². The number of aliphatic hydroxyl groups excluding tert-OH is 1. The summed E-state index contributed by atoms with van der Waals surface area (Å²) in [5, 5.41) is 9.13. The first kappa shape index (κ1) is 29.0. The number of aliphatic hydroxyl groups is 1. The molecule has 16 heteroatoms. The van der Waals surface area contributed by atoms with Crippen molar-refractivity contribution in [2.45, 2.75) is 56.3 Å². The number of nitrogens with zero attached hydrogens (tertiary/aromatic N) is 5. The Morgan fingerprint density at radius 3 is 2.66 bits per heavy atom. The monoisotopic (exact) mass is 593 g/mol. The number of ether oxygens (including phenoxy) is 3. The fourth-order valence-electron chi connectivity index (χ4n) is 4.64. The van der Waals surface area contributed by atoms with E-state index >= 15 is 4.39 Å². The molecule has 2 saturated heterocycles. The van der Waals surface area contributed by atoms with E-state index in [0.29, 0.717) is 11.3 Å². The van der Waals surface area contributed by atoms with Crippen molar-refractivity contribution < 1.29 is 37.6 Å². The molecule has 0 saturated carbocycles. The second-order valence-corrected chi connectivity index (χ2v) is 13.4. The largest absolute Gasteiger partial charge is 0.487 e. The normalized spacial score (nSPS) is 30.9. The molecule has 4 heterocycles. The highest BCUT2D eigenvalue weighted by molar-refractivity contribution is 7.70. The molecule has 0 spiro atoms. The van der Waals surface area contributed by atoms with Crippen molar-refractivity contribution in [3.63, 3.8) is 0 Å². The van der Waals surface area contributed by atoms with E-state index < -0.39 is 48.8 Å². The Balaban J connectivity index is 1.33. The molecular formula is C25H33FN7O7P. The summed E-state index contributed by atoms with van der Waals surface area (Å²) in [5.41, 5.74) is 10.3. The molecule has 1 aromatic carbocycles. The highest BCUT2D eigenvalue weighted by Gasteiger charge is 2.73. The Labute approximate surface area is 235 Å². The van der Waals surface area contributed by atoms with Crippen LogP contribution in [0.3, 0.4) is 0 Å². The lowest BCUT2D eigenvalue weighted by Crippen LogP contribution is -2.41. The first-order valence-electron chi connectivity index (χ1n) is 12.9. The van der Waals surface area contributed by atoms with Crippen LogP contribution >= 0.6 is 7.37 Å². The average molecular weight is 594 g/mol. The van der Waals surface area contributed by atoms with E-state index in [2.05, 4.69) is 15.0 Å². The van der Waals surface area contributed by atoms with Crippen molar-refractivity contribution in [2.75, 3.05) is 37.5 Å². The van der Waals surface area contributed by atoms with Gasteiger partial charge in [-0.15, -0.1) is 0 Å². The second kappa shape index (κ2) is 10.1. The molecule has 5 unspecified atom stereocenters. The fraction of sp³-hybridized carbons (Fsp3) is 0.520. The van der Waals surface area contributed by atoms with Crippen LogP contribution in [0.25, 0.3) is 11.2 Å². The molecule has 0 bridgehead atoms. The number of hydrogen-bond donors (Lipinski definition) is 3. The first-order chi connectivity index (χ1) is 19.2. The van der Waals surface area contributed by atoms with Gasteiger partial charge in [0.1, 0.15) is 18.8 Å². The number of hydrogen-bond acceptors (Lipinski definition) is 13. The highest BCUT2D eigenvalue weighted by atomic mass is 31.2. The third-order valence-electron chi connectivity index (χ3n) is 6.96. The molecule has 222 valence electrons. The number of aromatic nitrogens is 4. The zero-order valence-electron chi connectivity index (χ0n) is 23.2. The van der Waals surface area contributed by atoms with Crippen LogP contribution in [0.4, 0.5) is 16.2 Å². The van der Waals surface area contributed by atoms with Crippen LogP contribution in [-0.4, -0.2) is 86.7 Å². The van der Waals surface area contributed by atoms with Crippen molar-refractivity contribution in [2.24, 2.45) is 5.73 Å². The average Bonchev–Trinajstić information content (AvgIpc) is 3.13. The molecule has 0 radical (unpaired) electrons. The summed E-state index contributed by atoms with van der Waals surface area (Å²) in [7, 11) is -0.0981. The molecule has 0 amide bonds. The molecule has 6 atom stereocenters. The van der Waals surface area contributed by atoms with E-state index in [1.54, 1.807) is 45.0 Å². The molecule has 3 aromatic rings. The number of carbonyl (C=O) groups is 1. The van der Waals surface area contributed by atoms with E-state index in [-0.39, 0.29) is 35.9 Å². The van der Waals surface area contributed by atoms with Crippen molar-refractivity contribution in [1.29, 1.82) is 0 Å². The van der Waals surface area contributed by atoms with Gasteiger partial charge in [-0.05, 0) is 32.9 Å². The van der Waals surface area contributed by atoms with E-state index in [1.807, 2.05) is 0 Å². The molecule has 2 aliphatic heterocycles. The van der Waals surface area contributed by atoms with Gasteiger partial charge in [-0.2, -0.15) is 9.97 Å². The molecule has 5 N–H and O–H groups in total. The van der Waals surface area contributed by atoms with Crippen LogP contribution in [-0.2, 0) is 18.8 Å². The number of nitrogens with two attached hydrogens (primary N) is 2. The van der Waals surface area contributed by atoms with Crippen molar-refractivity contribution in [1.82, 2.24) is 19.5 Å². The third-order valence-corrected chi connectivity index (χ3v) is 9.54. The minimum Gasteiger partial charge on any atom is -0.487 e. The predicted molar refractivity (Wildman–Crippen MR) is 147 cm³/mol. The lowest BCUT2D eigenvalue weighted by molar-refractivity contribution is -0.148. The van der Waals surface area contributed by atoms with E-state index in [4.69, 9.17) is 30.2 Å².